The maximum absolute atomic E-state index is 12.6. The van der Waals surface area contributed by atoms with Crippen LogP contribution in [0.25, 0.3) is 0 Å². The molecule has 98 valence electrons. The normalized spacial score (nSPS) is 20.6. The maximum atomic E-state index is 12.6. The maximum Gasteiger partial charge on any atom is 0.417 e. The monoisotopic (exact) mass is 339 g/mol. The van der Waals surface area contributed by atoms with Crippen LogP contribution < -0.4 is 4.90 Å². The molecule has 0 saturated carbocycles. The minimum atomic E-state index is -4.40. The molecule has 1 aliphatic rings. The number of carbonyl (C=O) groups is 1. The van der Waals surface area contributed by atoms with E-state index in [0.29, 0.717) is 18.7 Å². The quantitative estimate of drug-likeness (QED) is 0.776. The van der Waals surface area contributed by atoms with Gasteiger partial charge in [0.05, 0.1) is 5.56 Å². The Balaban J connectivity index is 2.32. The van der Waals surface area contributed by atoms with Gasteiger partial charge in [0.25, 0.3) is 0 Å². The van der Waals surface area contributed by atoms with E-state index in [1.165, 1.54) is 17.0 Å². The summed E-state index contributed by atoms with van der Waals surface area (Å²) >= 11 is 7.09. The first-order valence-corrected chi connectivity index (χ1v) is 6.45. The molecule has 1 saturated heterocycles. The predicted molar refractivity (Wildman–Crippen MR) is 68.9 cm³/mol. The Kier molecular flexibility index (Phi) is 3.64. The topological polar surface area (TPSA) is 20.3 Å². The molecule has 7 heteroatoms. The molecular formula is C11H9BrF3NOS. The molecule has 1 unspecified atom stereocenters. The molecule has 0 spiro atoms. The van der Waals surface area contributed by atoms with E-state index >= 15 is 0 Å². The molecule has 18 heavy (non-hydrogen) atoms. The molecular weight excluding hydrogens is 331 g/mol. The standard InChI is InChI=1S/C11H9BrF3NOS/c12-9-3-6(1-2-8(9)11(13,14)15)16-5-7(18)4-10(16)17/h1-3,7,18H,4-5H2. The lowest BCUT2D eigenvalue weighted by Gasteiger charge is -2.18. The van der Waals surface area contributed by atoms with Crippen molar-refractivity contribution in [3.8, 4) is 0 Å². The van der Waals surface area contributed by atoms with Crippen LogP contribution in [-0.4, -0.2) is 17.7 Å². The van der Waals surface area contributed by atoms with E-state index in [-0.39, 0.29) is 15.6 Å². The number of nitrogens with zero attached hydrogens (tertiary/aromatic N) is 1. The van der Waals surface area contributed by atoms with Gasteiger partial charge < -0.3 is 4.90 Å². The van der Waals surface area contributed by atoms with Crippen molar-refractivity contribution in [3.05, 3.63) is 28.2 Å². The summed E-state index contributed by atoms with van der Waals surface area (Å²) in [5.41, 5.74) is -0.295. The lowest BCUT2D eigenvalue weighted by Crippen LogP contribution is -2.24. The third-order valence-corrected chi connectivity index (χ3v) is 3.68. The van der Waals surface area contributed by atoms with Crippen LogP contribution in [0.2, 0.25) is 0 Å². The Hall–Kier alpha value is -0.690. The number of rotatable bonds is 1. The van der Waals surface area contributed by atoms with E-state index in [0.717, 1.165) is 6.07 Å². The van der Waals surface area contributed by atoms with Crippen molar-refractivity contribution in [1.82, 2.24) is 0 Å². The van der Waals surface area contributed by atoms with E-state index in [4.69, 9.17) is 0 Å². The van der Waals surface area contributed by atoms with Crippen LogP contribution in [0, 0.1) is 0 Å². The minimum Gasteiger partial charge on any atom is -0.311 e. The Bertz CT molecular complexity index is 492. The van der Waals surface area contributed by atoms with Crippen LogP contribution in [-0.2, 0) is 11.0 Å². The van der Waals surface area contributed by atoms with Crippen molar-refractivity contribution in [2.75, 3.05) is 11.4 Å². The highest BCUT2D eigenvalue weighted by Crippen LogP contribution is 2.37. The third kappa shape index (κ3) is 2.66. The van der Waals surface area contributed by atoms with Gasteiger partial charge in [-0.15, -0.1) is 0 Å². The van der Waals surface area contributed by atoms with Gasteiger partial charge in [-0.25, -0.2) is 0 Å². The van der Waals surface area contributed by atoms with Gasteiger partial charge in [-0.05, 0) is 18.2 Å². The lowest BCUT2D eigenvalue weighted by atomic mass is 10.2. The van der Waals surface area contributed by atoms with Crippen molar-refractivity contribution in [3.63, 3.8) is 0 Å². The summed E-state index contributed by atoms with van der Waals surface area (Å²) in [6.45, 7) is 0.416. The van der Waals surface area contributed by atoms with Crippen LogP contribution in [0.5, 0.6) is 0 Å². The van der Waals surface area contributed by atoms with Gasteiger partial charge in [0.15, 0.2) is 0 Å². The number of benzene rings is 1. The van der Waals surface area contributed by atoms with E-state index < -0.39 is 11.7 Å². The minimum absolute atomic E-state index is 0.0667. The van der Waals surface area contributed by atoms with Gasteiger partial charge in [-0.3, -0.25) is 4.79 Å². The second kappa shape index (κ2) is 4.77. The number of halogens is 4. The van der Waals surface area contributed by atoms with Crippen LogP contribution in [0.4, 0.5) is 18.9 Å². The zero-order valence-electron chi connectivity index (χ0n) is 9.04. The van der Waals surface area contributed by atoms with Crippen molar-refractivity contribution < 1.29 is 18.0 Å². The molecule has 1 aliphatic heterocycles. The Labute approximate surface area is 116 Å². The molecule has 2 rings (SSSR count). The first kappa shape index (κ1) is 13.7. The molecule has 0 bridgehead atoms. The molecule has 1 aromatic rings. The summed E-state index contributed by atoms with van der Waals surface area (Å²) in [6.07, 6.45) is -4.10. The summed E-state index contributed by atoms with van der Waals surface area (Å²) in [7, 11) is 0. The summed E-state index contributed by atoms with van der Waals surface area (Å²) in [6, 6.07) is 3.59. The van der Waals surface area contributed by atoms with Gasteiger partial charge in [0.2, 0.25) is 5.91 Å². The fourth-order valence-corrected chi connectivity index (χ4v) is 2.75. The fraction of sp³-hybridized carbons (Fsp3) is 0.364. The molecule has 1 amide bonds. The van der Waals surface area contributed by atoms with Gasteiger partial charge in [-0.1, -0.05) is 15.9 Å². The number of thiol groups is 1. The van der Waals surface area contributed by atoms with Gasteiger partial charge in [-0.2, -0.15) is 25.8 Å². The largest absolute Gasteiger partial charge is 0.417 e. The van der Waals surface area contributed by atoms with Crippen molar-refractivity contribution in [2.45, 2.75) is 17.8 Å². The van der Waals surface area contributed by atoms with E-state index in [1.807, 2.05) is 0 Å². The van der Waals surface area contributed by atoms with Crippen molar-refractivity contribution in [2.24, 2.45) is 0 Å². The highest BCUT2D eigenvalue weighted by Gasteiger charge is 2.34. The zero-order valence-corrected chi connectivity index (χ0v) is 11.5. The van der Waals surface area contributed by atoms with E-state index in [9.17, 15) is 18.0 Å². The second-order valence-corrected chi connectivity index (χ2v) is 5.61. The average Bonchev–Trinajstić information content (AvgIpc) is 2.55. The van der Waals surface area contributed by atoms with Crippen molar-refractivity contribution in [1.29, 1.82) is 0 Å². The van der Waals surface area contributed by atoms with Crippen LogP contribution >= 0.6 is 28.6 Å². The van der Waals surface area contributed by atoms with E-state index in [2.05, 4.69) is 28.6 Å². The molecule has 0 aromatic heterocycles. The Morgan fingerprint density at radius 1 is 1.39 bits per heavy atom. The molecule has 0 aliphatic carbocycles. The molecule has 1 heterocycles. The van der Waals surface area contributed by atoms with Gasteiger partial charge in [0, 0.05) is 28.4 Å². The van der Waals surface area contributed by atoms with Crippen LogP contribution in [0.15, 0.2) is 22.7 Å². The highest BCUT2D eigenvalue weighted by atomic mass is 79.9. The fourth-order valence-electron chi connectivity index (χ4n) is 1.84. The first-order valence-electron chi connectivity index (χ1n) is 5.14. The summed E-state index contributed by atoms with van der Waals surface area (Å²) in [5.74, 6) is -0.123. The number of anilines is 1. The molecule has 0 radical (unpaired) electrons. The molecule has 2 nitrogen and oxygen atoms in total. The number of hydrogen-bond donors (Lipinski definition) is 1. The van der Waals surface area contributed by atoms with Gasteiger partial charge in [0.1, 0.15) is 0 Å². The number of carbonyl (C=O) groups excluding carboxylic acids is 1. The summed E-state index contributed by atoms with van der Waals surface area (Å²) in [5, 5.41) is -0.0708. The highest BCUT2D eigenvalue weighted by molar-refractivity contribution is 9.10. The van der Waals surface area contributed by atoms with E-state index in [1.54, 1.807) is 0 Å². The zero-order chi connectivity index (χ0) is 13.5. The predicted octanol–water partition coefficient (Wildman–Crippen LogP) is 3.50. The van der Waals surface area contributed by atoms with Crippen LogP contribution in [0.1, 0.15) is 12.0 Å². The lowest BCUT2D eigenvalue weighted by molar-refractivity contribution is -0.138. The summed E-state index contributed by atoms with van der Waals surface area (Å²) < 4.78 is 37.7. The molecule has 1 atom stereocenters. The SMILES string of the molecule is O=C1CC(S)CN1c1ccc(C(F)(F)F)c(Br)c1. The molecule has 1 aromatic carbocycles. The summed E-state index contributed by atoms with van der Waals surface area (Å²) in [4.78, 5) is 13.1. The first-order chi connectivity index (χ1) is 8.29. The van der Waals surface area contributed by atoms with Crippen LogP contribution in [0.3, 0.4) is 0 Å². The number of alkyl halides is 3. The second-order valence-electron chi connectivity index (χ2n) is 4.02. The number of hydrogen-bond acceptors (Lipinski definition) is 2. The molecule has 1 fully saturated rings. The third-order valence-electron chi connectivity index (χ3n) is 2.67. The number of amides is 1. The Morgan fingerprint density at radius 2 is 2.06 bits per heavy atom. The van der Waals surface area contributed by atoms with Gasteiger partial charge >= 0.3 is 6.18 Å². The Morgan fingerprint density at radius 3 is 2.50 bits per heavy atom. The molecule has 0 N–H and O–H groups in total. The van der Waals surface area contributed by atoms with Crippen molar-refractivity contribution >= 4 is 40.2 Å². The smallest absolute Gasteiger partial charge is 0.311 e. The average molecular weight is 340 g/mol.